The maximum atomic E-state index is 12.2. The van der Waals surface area contributed by atoms with Gasteiger partial charge in [0.15, 0.2) is 0 Å². The molecule has 0 radical (unpaired) electrons. The summed E-state index contributed by atoms with van der Waals surface area (Å²) in [5.74, 6) is 1.51. The Morgan fingerprint density at radius 1 is 1.15 bits per heavy atom. The van der Waals surface area contributed by atoms with Gasteiger partial charge in [0.1, 0.15) is 0 Å². The van der Waals surface area contributed by atoms with Crippen molar-refractivity contribution in [1.29, 1.82) is 0 Å². The van der Waals surface area contributed by atoms with Crippen LogP contribution in [0.3, 0.4) is 0 Å². The summed E-state index contributed by atoms with van der Waals surface area (Å²) in [4.78, 5) is 25.4. The number of amides is 2. The molecule has 0 aromatic heterocycles. The standard InChI is InChI=1S/C16H28N2O2/c1-4-12-5-7-13(8-6-12)10-17-14-9-15(19)18(11(2)3)16(14)20/h11-14,17H,4-10H2,1-3H3. The van der Waals surface area contributed by atoms with Gasteiger partial charge in [-0.15, -0.1) is 0 Å². The van der Waals surface area contributed by atoms with E-state index < -0.39 is 0 Å². The molecule has 4 heteroatoms. The summed E-state index contributed by atoms with van der Waals surface area (Å²) in [6.45, 7) is 6.94. The predicted octanol–water partition coefficient (Wildman–Crippen LogP) is 2.33. The van der Waals surface area contributed by atoms with Crippen LogP contribution < -0.4 is 5.32 Å². The Hall–Kier alpha value is -0.900. The van der Waals surface area contributed by atoms with Gasteiger partial charge in [0.2, 0.25) is 11.8 Å². The first kappa shape index (κ1) is 15.5. The summed E-state index contributed by atoms with van der Waals surface area (Å²) in [6, 6.07) is -0.310. The van der Waals surface area contributed by atoms with Gasteiger partial charge in [-0.2, -0.15) is 0 Å². The van der Waals surface area contributed by atoms with Crippen molar-refractivity contribution >= 4 is 11.8 Å². The summed E-state index contributed by atoms with van der Waals surface area (Å²) in [5.41, 5.74) is 0. The van der Waals surface area contributed by atoms with Crippen LogP contribution in [0.25, 0.3) is 0 Å². The van der Waals surface area contributed by atoms with E-state index in [0.29, 0.717) is 12.3 Å². The van der Waals surface area contributed by atoms with E-state index in [1.165, 1.54) is 37.0 Å². The van der Waals surface area contributed by atoms with Crippen molar-refractivity contribution < 1.29 is 9.59 Å². The summed E-state index contributed by atoms with van der Waals surface area (Å²) in [6.07, 6.45) is 6.78. The second-order valence-corrected chi connectivity index (χ2v) is 6.66. The molecule has 1 atom stereocenters. The zero-order valence-electron chi connectivity index (χ0n) is 13.0. The molecule has 1 aliphatic carbocycles. The van der Waals surface area contributed by atoms with Gasteiger partial charge >= 0.3 is 0 Å². The Bertz CT molecular complexity index is 359. The van der Waals surface area contributed by atoms with Gasteiger partial charge in [-0.05, 0) is 45.1 Å². The number of rotatable bonds is 5. The van der Waals surface area contributed by atoms with Crippen LogP contribution in [0.4, 0.5) is 0 Å². The third-order valence-corrected chi connectivity index (χ3v) is 4.90. The molecular weight excluding hydrogens is 252 g/mol. The van der Waals surface area contributed by atoms with Gasteiger partial charge in [0.25, 0.3) is 0 Å². The van der Waals surface area contributed by atoms with Crippen molar-refractivity contribution in [2.75, 3.05) is 6.54 Å². The van der Waals surface area contributed by atoms with Crippen molar-refractivity contribution in [2.45, 2.75) is 71.4 Å². The van der Waals surface area contributed by atoms with Crippen molar-refractivity contribution in [3.63, 3.8) is 0 Å². The van der Waals surface area contributed by atoms with E-state index in [-0.39, 0.29) is 23.9 Å². The number of carbonyl (C=O) groups is 2. The second kappa shape index (κ2) is 6.70. The summed E-state index contributed by atoms with van der Waals surface area (Å²) < 4.78 is 0. The first-order chi connectivity index (χ1) is 9.52. The van der Waals surface area contributed by atoms with Crippen LogP contribution in [0.15, 0.2) is 0 Å². The molecule has 114 valence electrons. The number of imide groups is 1. The summed E-state index contributed by atoms with van der Waals surface area (Å²) >= 11 is 0. The Balaban J connectivity index is 1.78. The van der Waals surface area contributed by atoms with Gasteiger partial charge in [0.05, 0.1) is 12.5 Å². The molecule has 1 N–H and O–H groups in total. The van der Waals surface area contributed by atoms with Crippen LogP contribution in [0.2, 0.25) is 0 Å². The lowest BCUT2D eigenvalue weighted by molar-refractivity contribution is -0.140. The van der Waals surface area contributed by atoms with Gasteiger partial charge in [-0.1, -0.05) is 26.2 Å². The molecule has 4 nitrogen and oxygen atoms in total. The maximum Gasteiger partial charge on any atom is 0.247 e. The number of likely N-dealkylation sites (tertiary alicyclic amines) is 1. The minimum absolute atomic E-state index is 0.0261. The number of hydrogen-bond acceptors (Lipinski definition) is 3. The van der Waals surface area contributed by atoms with Crippen LogP contribution in [0.5, 0.6) is 0 Å². The fourth-order valence-corrected chi connectivity index (χ4v) is 3.51. The Labute approximate surface area is 122 Å². The SMILES string of the molecule is CCC1CCC(CNC2CC(=O)N(C(C)C)C2=O)CC1. The third-order valence-electron chi connectivity index (χ3n) is 4.90. The molecule has 2 rings (SSSR count). The molecule has 0 spiro atoms. The first-order valence-corrected chi connectivity index (χ1v) is 8.12. The molecule has 0 bridgehead atoms. The second-order valence-electron chi connectivity index (χ2n) is 6.66. The minimum atomic E-state index is -0.284. The van der Waals surface area contributed by atoms with Crippen LogP contribution >= 0.6 is 0 Å². The summed E-state index contributed by atoms with van der Waals surface area (Å²) in [5, 5.41) is 3.34. The number of nitrogens with zero attached hydrogens (tertiary/aromatic N) is 1. The quantitative estimate of drug-likeness (QED) is 0.786. The first-order valence-electron chi connectivity index (χ1n) is 8.12. The normalized spacial score (nSPS) is 31.4. The average Bonchev–Trinajstić information content (AvgIpc) is 2.71. The monoisotopic (exact) mass is 280 g/mol. The minimum Gasteiger partial charge on any atom is -0.305 e. The van der Waals surface area contributed by atoms with Gasteiger partial charge < -0.3 is 5.32 Å². The number of carbonyl (C=O) groups excluding carboxylic acids is 2. The molecule has 0 aromatic rings. The van der Waals surface area contributed by atoms with Gasteiger partial charge in [-0.25, -0.2) is 0 Å². The average molecular weight is 280 g/mol. The largest absolute Gasteiger partial charge is 0.305 e. The molecular formula is C16H28N2O2. The van der Waals surface area contributed by atoms with Gasteiger partial charge in [0, 0.05) is 6.04 Å². The van der Waals surface area contributed by atoms with E-state index in [1.807, 2.05) is 13.8 Å². The van der Waals surface area contributed by atoms with Crippen LogP contribution in [0.1, 0.15) is 59.3 Å². The Kier molecular flexibility index (Phi) is 5.19. The predicted molar refractivity (Wildman–Crippen MR) is 79.1 cm³/mol. The van der Waals surface area contributed by atoms with E-state index in [4.69, 9.17) is 0 Å². The van der Waals surface area contributed by atoms with E-state index in [1.54, 1.807) is 0 Å². The molecule has 2 amide bonds. The number of hydrogen-bond donors (Lipinski definition) is 1. The molecule has 1 heterocycles. The highest BCUT2D eigenvalue weighted by molar-refractivity contribution is 6.05. The molecule has 2 fully saturated rings. The Morgan fingerprint density at radius 3 is 2.25 bits per heavy atom. The Morgan fingerprint density at radius 2 is 1.75 bits per heavy atom. The van der Waals surface area contributed by atoms with Crippen LogP contribution in [-0.2, 0) is 9.59 Å². The van der Waals surface area contributed by atoms with Crippen molar-refractivity contribution in [1.82, 2.24) is 10.2 Å². The fraction of sp³-hybridized carbons (Fsp3) is 0.875. The van der Waals surface area contributed by atoms with E-state index >= 15 is 0 Å². The number of nitrogens with one attached hydrogen (secondary N) is 1. The highest BCUT2D eigenvalue weighted by Gasteiger charge is 2.39. The molecule has 1 saturated carbocycles. The lowest BCUT2D eigenvalue weighted by Crippen LogP contribution is -2.43. The highest BCUT2D eigenvalue weighted by Crippen LogP contribution is 2.30. The van der Waals surface area contributed by atoms with E-state index in [9.17, 15) is 9.59 Å². The summed E-state index contributed by atoms with van der Waals surface area (Å²) in [7, 11) is 0. The molecule has 1 aliphatic heterocycles. The molecule has 1 unspecified atom stereocenters. The molecule has 20 heavy (non-hydrogen) atoms. The topological polar surface area (TPSA) is 49.4 Å². The van der Waals surface area contributed by atoms with Crippen molar-refractivity contribution in [2.24, 2.45) is 11.8 Å². The van der Waals surface area contributed by atoms with Crippen molar-refractivity contribution in [3.8, 4) is 0 Å². The van der Waals surface area contributed by atoms with E-state index in [2.05, 4.69) is 12.2 Å². The van der Waals surface area contributed by atoms with Crippen LogP contribution in [-0.4, -0.2) is 35.3 Å². The maximum absolute atomic E-state index is 12.2. The molecule has 1 saturated heterocycles. The molecule has 2 aliphatic rings. The highest BCUT2D eigenvalue weighted by atomic mass is 16.2. The van der Waals surface area contributed by atoms with Crippen molar-refractivity contribution in [3.05, 3.63) is 0 Å². The zero-order chi connectivity index (χ0) is 14.7. The van der Waals surface area contributed by atoms with E-state index in [0.717, 1.165) is 12.5 Å². The van der Waals surface area contributed by atoms with Crippen LogP contribution in [0, 0.1) is 11.8 Å². The van der Waals surface area contributed by atoms with Gasteiger partial charge in [-0.3, -0.25) is 14.5 Å². The molecule has 0 aromatic carbocycles. The third kappa shape index (κ3) is 3.40. The lowest BCUT2D eigenvalue weighted by atomic mass is 9.81. The smallest absolute Gasteiger partial charge is 0.247 e. The zero-order valence-corrected chi connectivity index (χ0v) is 13.0. The lowest BCUT2D eigenvalue weighted by Gasteiger charge is -2.28. The fourth-order valence-electron chi connectivity index (χ4n) is 3.51.